The Hall–Kier alpha value is -3.56. The van der Waals surface area contributed by atoms with Gasteiger partial charge in [-0.3, -0.25) is 25.2 Å². The van der Waals surface area contributed by atoms with E-state index in [0.717, 1.165) is 17.3 Å². The van der Waals surface area contributed by atoms with Crippen molar-refractivity contribution < 1.29 is 18.0 Å². The Morgan fingerprint density at radius 2 is 1.58 bits per heavy atom. The van der Waals surface area contributed by atoms with Gasteiger partial charge < -0.3 is 4.90 Å². The number of hydrazine groups is 1. The number of carbonyl (C=O) groups is 2. The summed E-state index contributed by atoms with van der Waals surface area (Å²) in [5.41, 5.74) is 6.91. The molecule has 0 spiro atoms. The Kier molecular flexibility index (Phi) is 7.25. The molecule has 0 bridgehead atoms. The summed E-state index contributed by atoms with van der Waals surface area (Å²) in [4.78, 5) is 26.7. The van der Waals surface area contributed by atoms with Crippen LogP contribution in [0.25, 0.3) is 0 Å². The maximum atomic E-state index is 12.8. The largest absolute Gasteiger partial charge is 0.378 e. The monoisotopic (exact) mass is 486 g/mol. The second-order valence-corrected chi connectivity index (χ2v) is 9.56. The molecule has 0 saturated heterocycles. The first-order chi connectivity index (χ1) is 15.6. The summed E-state index contributed by atoms with van der Waals surface area (Å²) in [6.07, 6.45) is 0. The minimum atomic E-state index is -3.97. The van der Waals surface area contributed by atoms with Crippen molar-refractivity contribution in [3.63, 3.8) is 0 Å². The molecule has 0 radical (unpaired) electrons. The van der Waals surface area contributed by atoms with Crippen molar-refractivity contribution in [1.29, 1.82) is 0 Å². The molecule has 0 unspecified atom stereocenters. The first-order valence-corrected chi connectivity index (χ1v) is 11.7. The molecule has 0 heterocycles. The Balaban J connectivity index is 1.75. The van der Waals surface area contributed by atoms with Crippen LogP contribution in [0.5, 0.6) is 0 Å². The van der Waals surface area contributed by atoms with Crippen LogP contribution in [-0.4, -0.2) is 34.3 Å². The fourth-order valence-corrected chi connectivity index (χ4v) is 4.23. The molecular formula is C23H23ClN4O4S. The second-order valence-electron chi connectivity index (χ2n) is 7.47. The van der Waals surface area contributed by atoms with Crippen molar-refractivity contribution >= 4 is 44.8 Å². The number of amides is 2. The van der Waals surface area contributed by atoms with Crippen molar-refractivity contribution in [2.75, 3.05) is 23.7 Å². The van der Waals surface area contributed by atoms with Gasteiger partial charge >= 0.3 is 0 Å². The van der Waals surface area contributed by atoms with E-state index in [9.17, 15) is 18.0 Å². The summed E-state index contributed by atoms with van der Waals surface area (Å²) >= 11 is 6.12. The number of halogens is 1. The maximum Gasteiger partial charge on any atom is 0.271 e. The van der Waals surface area contributed by atoms with Gasteiger partial charge in [0.1, 0.15) is 0 Å². The van der Waals surface area contributed by atoms with Gasteiger partial charge in [0.25, 0.3) is 21.8 Å². The van der Waals surface area contributed by atoms with Crippen LogP contribution < -0.4 is 20.5 Å². The molecule has 0 aliphatic rings. The molecule has 0 aromatic heterocycles. The molecule has 0 aliphatic carbocycles. The molecule has 2 amide bonds. The predicted octanol–water partition coefficient (Wildman–Crippen LogP) is 3.59. The van der Waals surface area contributed by atoms with Crippen LogP contribution in [0.15, 0.2) is 71.6 Å². The van der Waals surface area contributed by atoms with Gasteiger partial charge in [0.05, 0.1) is 15.5 Å². The molecule has 0 aliphatic heterocycles. The number of sulfonamides is 1. The summed E-state index contributed by atoms with van der Waals surface area (Å²) in [6.45, 7) is 1.84. The molecule has 0 saturated carbocycles. The van der Waals surface area contributed by atoms with Gasteiger partial charge in [-0.1, -0.05) is 29.8 Å². The van der Waals surface area contributed by atoms with Crippen LogP contribution >= 0.6 is 11.6 Å². The number of hydrogen-bond donors (Lipinski definition) is 3. The molecule has 0 atom stereocenters. The van der Waals surface area contributed by atoms with E-state index in [4.69, 9.17) is 11.6 Å². The van der Waals surface area contributed by atoms with Gasteiger partial charge in [-0.25, -0.2) is 8.42 Å². The van der Waals surface area contributed by atoms with Crippen LogP contribution in [0.4, 0.5) is 11.4 Å². The smallest absolute Gasteiger partial charge is 0.271 e. The van der Waals surface area contributed by atoms with E-state index in [1.165, 1.54) is 12.1 Å². The first kappa shape index (κ1) is 24.1. The van der Waals surface area contributed by atoms with Crippen LogP contribution in [0.1, 0.15) is 26.3 Å². The number of nitrogens with one attached hydrogen (secondary N) is 3. The maximum absolute atomic E-state index is 12.8. The summed E-state index contributed by atoms with van der Waals surface area (Å²) in [6, 6.07) is 17.4. The minimum absolute atomic E-state index is 0.0332. The summed E-state index contributed by atoms with van der Waals surface area (Å²) in [7, 11) is -0.285. The number of benzene rings is 3. The van der Waals surface area contributed by atoms with Crippen LogP contribution in [-0.2, 0) is 10.0 Å². The number of anilines is 2. The number of rotatable bonds is 6. The average molecular weight is 487 g/mol. The second kappa shape index (κ2) is 9.93. The molecule has 3 aromatic rings. The topological polar surface area (TPSA) is 108 Å². The molecule has 8 nitrogen and oxygen atoms in total. The van der Waals surface area contributed by atoms with Crippen LogP contribution in [0.3, 0.4) is 0 Å². The highest BCUT2D eigenvalue weighted by Crippen LogP contribution is 2.23. The van der Waals surface area contributed by atoms with E-state index in [-0.39, 0.29) is 15.5 Å². The summed E-state index contributed by atoms with van der Waals surface area (Å²) in [5.74, 6) is -1.29. The van der Waals surface area contributed by atoms with E-state index in [2.05, 4.69) is 15.6 Å². The Labute approximate surface area is 197 Å². The first-order valence-electron chi connectivity index (χ1n) is 9.84. The highest BCUT2D eigenvalue weighted by molar-refractivity contribution is 7.92. The Bertz CT molecular complexity index is 1310. The summed E-state index contributed by atoms with van der Waals surface area (Å²) in [5, 5.41) is 0.0332. The SMILES string of the molecule is Cc1cccc(NS(=O)(=O)c2ccc(Cl)c(C(=O)NNC(=O)c3cccc(N(C)C)c3)c2)c1. The standard InChI is InChI=1S/C23H23ClN4O4S/c1-15-6-4-8-17(12-15)27-33(31,32)19-10-11-21(24)20(14-19)23(30)26-25-22(29)16-7-5-9-18(13-16)28(2)3/h4-14,27H,1-3H3,(H,25,29)(H,26,30). The van der Waals surface area contributed by atoms with Crippen molar-refractivity contribution in [1.82, 2.24) is 10.9 Å². The van der Waals surface area contributed by atoms with Crippen LogP contribution in [0, 0.1) is 6.92 Å². The number of hydrogen-bond acceptors (Lipinski definition) is 5. The highest BCUT2D eigenvalue weighted by atomic mass is 35.5. The zero-order chi connectivity index (χ0) is 24.2. The van der Waals surface area contributed by atoms with E-state index in [1.807, 2.05) is 38.1 Å². The van der Waals surface area contributed by atoms with E-state index in [0.29, 0.717) is 11.3 Å². The fraction of sp³-hybridized carbons (Fsp3) is 0.130. The zero-order valence-electron chi connectivity index (χ0n) is 18.2. The lowest BCUT2D eigenvalue weighted by atomic mass is 10.2. The van der Waals surface area contributed by atoms with Gasteiger partial charge in [-0.05, 0) is 61.0 Å². The quantitative estimate of drug-likeness (QED) is 0.461. The highest BCUT2D eigenvalue weighted by Gasteiger charge is 2.20. The average Bonchev–Trinajstić information content (AvgIpc) is 2.77. The molecule has 3 N–H and O–H groups in total. The molecule has 0 fully saturated rings. The summed E-state index contributed by atoms with van der Waals surface area (Å²) < 4.78 is 28.0. The van der Waals surface area contributed by atoms with Crippen molar-refractivity contribution in [3.8, 4) is 0 Å². The normalized spacial score (nSPS) is 10.9. The number of carbonyl (C=O) groups excluding carboxylic acids is 2. The third-order valence-electron chi connectivity index (χ3n) is 4.68. The molecule has 33 heavy (non-hydrogen) atoms. The molecule has 3 rings (SSSR count). The van der Waals surface area contributed by atoms with Crippen LogP contribution in [0.2, 0.25) is 5.02 Å². The Morgan fingerprint density at radius 1 is 0.879 bits per heavy atom. The van der Waals surface area contributed by atoms with Gasteiger partial charge in [0.15, 0.2) is 0 Å². The van der Waals surface area contributed by atoms with Crippen molar-refractivity contribution in [2.24, 2.45) is 0 Å². The van der Waals surface area contributed by atoms with Crippen molar-refractivity contribution in [3.05, 3.63) is 88.4 Å². The van der Waals surface area contributed by atoms with Gasteiger partial charge in [-0.2, -0.15) is 0 Å². The van der Waals surface area contributed by atoms with Gasteiger partial charge in [0.2, 0.25) is 0 Å². The lowest BCUT2D eigenvalue weighted by Crippen LogP contribution is -2.41. The fourth-order valence-electron chi connectivity index (χ4n) is 2.95. The third-order valence-corrected chi connectivity index (χ3v) is 6.39. The Morgan fingerprint density at radius 3 is 2.27 bits per heavy atom. The number of aryl methyl sites for hydroxylation is 1. The van der Waals surface area contributed by atoms with Gasteiger partial charge in [-0.15, -0.1) is 0 Å². The molecule has 10 heteroatoms. The zero-order valence-corrected chi connectivity index (χ0v) is 19.8. The lowest BCUT2D eigenvalue weighted by molar-refractivity contribution is 0.0846. The molecular weight excluding hydrogens is 464 g/mol. The minimum Gasteiger partial charge on any atom is -0.378 e. The predicted molar refractivity (Wildman–Crippen MR) is 129 cm³/mol. The molecule has 172 valence electrons. The van der Waals surface area contributed by atoms with E-state index >= 15 is 0 Å². The molecule has 3 aromatic carbocycles. The van der Waals surface area contributed by atoms with E-state index < -0.39 is 21.8 Å². The third kappa shape index (κ3) is 6.03. The van der Waals surface area contributed by atoms with E-state index in [1.54, 1.807) is 36.4 Å². The van der Waals surface area contributed by atoms with Crippen molar-refractivity contribution in [2.45, 2.75) is 11.8 Å². The lowest BCUT2D eigenvalue weighted by Gasteiger charge is -2.14. The number of nitrogens with zero attached hydrogens (tertiary/aromatic N) is 1. The van der Waals surface area contributed by atoms with Gasteiger partial charge in [0, 0.05) is 31.0 Å².